The van der Waals surface area contributed by atoms with Crippen LogP contribution in [0.1, 0.15) is 13.3 Å². The van der Waals surface area contributed by atoms with Gasteiger partial charge in [0.15, 0.2) is 5.16 Å². The predicted molar refractivity (Wildman–Crippen MR) is 79.9 cm³/mol. The van der Waals surface area contributed by atoms with Crippen molar-refractivity contribution in [2.45, 2.75) is 18.5 Å². The van der Waals surface area contributed by atoms with Crippen molar-refractivity contribution >= 4 is 24.6 Å². The maximum atomic E-state index is 11.0. The number of nitrogens with zero attached hydrogens (tertiary/aromatic N) is 3. The highest BCUT2D eigenvalue weighted by Gasteiger charge is 1.94. The van der Waals surface area contributed by atoms with E-state index in [9.17, 15) is 9.59 Å². The van der Waals surface area contributed by atoms with Crippen LogP contribution < -0.4 is 11.2 Å². The van der Waals surface area contributed by atoms with E-state index in [1.807, 2.05) is 24.7 Å². The Morgan fingerprint density at radius 3 is 2.58 bits per heavy atom. The molecule has 8 heteroatoms. The van der Waals surface area contributed by atoms with Crippen LogP contribution in [0, 0.1) is 0 Å². The summed E-state index contributed by atoms with van der Waals surface area (Å²) >= 11 is 5.39. The summed E-state index contributed by atoms with van der Waals surface area (Å²) in [7, 11) is 1.90. The molecule has 2 heterocycles. The average Bonchev–Trinajstić information content (AvgIpc) is 2.74. The van der Waals surface area contributed by atoms with Gasteiger partial charge in [0.25, 0.3) is 5.56 Å². The van der Waals surface area contributed by atoms with Crippen LogP contribution in [0.25, 0.3) is 0 Å². The van der Waals surface area contributed by atoms with Gasteiger partial charge in [-0.3, -0.25) is 9.78 Å². The average molecular weight is 300 g/mol. The first kappa shape index (κ1) is 15.6. The van der Waals surface area contributed by atoms with Gasteiger partial charge in [-0.2, -0.15) is 0 Å². The van der Waals surface area contributed by atoms with Crippen molar-refractivity contribution in [3.05, 3.63) is 45.5 Å². The van der Waals surface area contributed by atoms with Crippen LogP contribution in [0.5, 0.6) is 0 Å². The molecule has 0 radical (unpaired) electrons. The Kier molecular flexibility index (Phi) is 6.51. The van der Waals surface area contributed by atoms with Crippen LogP contribution in [0.4, 0.5) is 0 Å². The van der Waals surface area contributed by atoms with E-state index in [0.29, 0.717) is 0 Å². The smallest absolute Gasteiger partial charge is 0.329 e. The van der Waals surface area contributed by atoms with Gasteiger partial charge in [-0.05, 0) is 18.4 Å². The van der Waals surface area contributed by atoms with Crippen molar-refractivity contribution in [2.75, 3.05) is 5.75 Å². The number of hydrogen-bond donors (Lipinski definition) is 2. The molecule has 0 saturated carbocycles. The maximum absolute atomic E-state index is 11.0. The molecule has 6 nitrogen and oxygen atoms in total. The molecule has 2 aromatic rings. The highest BCUT2D eigenvalue weighted by molar-refractivity contribution is 7.97. The van der Waals surface area contributed by atoms with Gasteiger partial charge in [-0.25, -0.2) is 13.8 Å². The third kappa shape index (κ3) is 5.39. The number of aryl methyl sites for hydroxylation is 1. The fourth-order valence-corrected chi connectivity index (χ4v) is 1.88. The first-order valence-corrected chi connectivity index (χ1v) is 7.05. The summed E-state index contributed by atoms with van der Waals surface area (Å²) in [6.45, 7) is 2.03. The van der Waals surface area contributed by atoms with E-state index in [0.717, 1.165) is 17.3 Å². The number of H-pyrrole nitrogens is 1. The highest BCUT2D eigenvalue weighted by atomic mass is 32.2. The van der Waals surface area contributed by atoms with Gasteiger partial charge in [-0.1, -0.05) is 6.92 Å². The Morgan fingerprint density at radius 2 is 2.16 bits per heavy atom. The Labute approximate surface area is 120 Å². The Bertz CT molecular complexity index is 601. The molecular weight excluding hydrogens is 284 g/mol. The quantitative estimate of drug-likeness (QED) is 0.834. The van der Waals surface area contributed by atoms with E-state index in [1.54, 1.807) is 6.20 Å². The standard InChI is InChI=1S/C7H10N2O2S.C4H6N2S/c1-2-5-12-9-4-3-6(10)8-7(9)11;1-6-3-2-5-4(6)7/h3-4H,2,5H2,1H3,(H,8,10,11);2-3H,1H3,(H,5,7). The van der Waals surface area contributed by atoms with Crippen LogP contribution in [-0.2, 0) is 7.05 Å². The van der Waals surface area contributed by atoms with Crippen molar-refractivity contribution in [3.63, 3.8) is 0 Å². The molecule has 0 atom stereocenters. The van der Waals surface area contributed by atoms with Gasteiger partial charge in [0.1, 0.15) is 0 Å². The molecule has 0 aliphatic rings. The molecular formula is C11H16N4O2S2. The van der Waals surface area contributed by atoms with Crippen LogP contribution in [-0.4, -0.2) is 24.3 Å². The van der Waals surface area contributed by atoms with E-state index >= 15 is 0 Å². The molecule has 0 aromatic carbocycles. The molecule has 0 bridgehead atoms. The summed E-state index contributed by atoms with van der Waals surface area (Å²) in [5, 5.41) is 0.750. The van der Waals surface area contributed by atoms with Gasteiger partial charge < -0.3 is 4.57 Å². The van der Waals surface area contributed by atoms with Crippen molar-refractivity contribution < 1.29 is 0 Å². The molecule has 1 N–H and O–H groups in total. The fourth-order valence-electron chi connectivity index (χ4n) is 1.05. The van der Waals surface area contributed by atoms with E-state index in [-0.39, 0.29) is 11.2 Å². The SMILES string of the molecule is CCCSn1ccc(=O)[nH]c1=O.Cn1ccnc1S. The maximum Gasteiger partial charge on any atom is 0.338 e. The molecule has 0 unspecified atom stereocenters. The number of aromatic nitrogens is 4. The number of aromatic amines is 1. The molecule has 0 amide bonds. The Balaban J connectivity index is 0.000000218. The number of rotatable bonds is 3. The third-order valence-electron chi connectivity index (χ3n) is 2.02. The highest BCUT2D eigenvalue weighted by Crippen LogP contribution is 2.00. The van der Waals surface area contributed by atoms with E-state index in [4.69, 9.17) is 0 Å². The minimum Gasteiger partial charge on any atom is -0.329 e. The molecule has 0 spiro atoms. The van der Waals surface area contributed by atoms with E-state index in [1.165, 1.54) is 28.2 Å². The number of hydrogen-bond acceptors (Lipinski definition) is 5. The second-order valence-corrected chi connectivity index (χ2v) is 5.07. The summed E-state index contributed by atoms with van der Waals surface area (Å²) in [4.78, 5) is 27.7. The molecule has 2 aromatic heterocycles. The first-order chi connectivity index (χ1) is 9.04. The number of nitrogens with one attached hydrogen (secondary N) is 1. The summed E-state index contributed by atoms with van der Waals surface area (Å²) in [5.41, 5.74) is -0.714. The number of imidazole rings is 1. The topological polar surface area (TPSA) is 72.7 Å². The minimum atomic E-state index is -0.360. The zero-order valence-electron chi connectivity index (χ0n) is 10.7. The lowest BCUT2D eigenvalue weighted by molar-refractivity contribution is 0.794. The molecule has 0 aliphatic heterocycles. The summed E-state index contributed by atoms with van der Waals surface area (Å²) in [6, 6.07) is 1.34. The summed E-state index contributed by atoms with van der Waals surface area (Å²) in [5.74, 6) is 0.867. The van der Waals surface area contributed by atoms with Crippen LogP contribution in [0.3, 0.4) is 0 Å². The first-order valence-electron chi connectivity index (χ1n) is 5.66. The van der Waals surface area contributed by atoms with Crippen molar-refractivity contribution in [1.29, 1.82) is 0 Å². The Morgan fingerprint density at radius 1 is 1.42 bits per heavy atom. The molecule has 2 rings (SSSR count). The van der Waals surface area contributed by atoms with Gasteiger partial charge in [0.2, 0.25) is 0 Å². The van der Waals surface area contributed by atoms with Crippen LogP contribution >= 0.6 is 24.6 Å². The van der Waals surface area contributed by atoms with Gasteiger partial charge in [0.05, 0.1) is 0 Å². The zero-order chi connectivity index (χ0) is 14.3. The summed E-state index contributed by atoms with van der Waals surface area (Å²) in [6.07, 6.45) is 6.04. The van der Waals surface area contributed by atoms with Gasteiger partial charge >= 0.3 is 5.69 Å². The molecule has 0 fully saturated rings. The van der Waals surface area contributed by atoms with Crippen LogP contribution in [0.15, 0.2) is 39.4 Å². The minimum absolute atomic E-state index is 0.353. The molecule has 0 aliphatic carbocycles. The second-order valence-electron chi connectivity index (χ2n) is 3.61. The number of thiol groups is 1. The Hall–Kier alpha value is -1.41. The lowest BCUT2D eigenvalue weighted by atomic mass is 10.6. The molecule has 104 valence electrons. The fraction of sp³-hybridized carbons (Fsp3) is 0.364. The lowest BCUT2D eigenvalue weighted by Crippen LogP contribution is -2.25. The predicted octanol–water partition coefficient (Wildman–Crippen LogP) is 1.15. The largest absolute Gasteiger partial charge is 0.338 e. The zero-order valence-corrected chi connectivity index (χ0v) is 12.4. The van der Waals surface area contributed by atoms with E-state index in [2.05, 4.69) is 22.6 Å². The summed E-state index contributed by atoms with van der Waals surface area (Å²) < 4.78 is 3.26. The lowest BCUT2D eigenvalue weighted by Gasteiger charge is -1.99. The van der Waals surface area contributed by atoms with Crippen molar-refractivity contribution in [2.24, 2.45) is 7.05 Å². The van der Waals surface area contributed by atoms with Crippen LogP contribution in [0.2, 0.25) is 0 Å². The van der Waals surface area contributed by atoms with Gasteiger partial charge in [-0.15, -0.1) is 12.6 Å². The van der Waals surface area contributed by atoms with E-state index < -0.39 is 0 Å². The van der Waals surface area contributed by atoms with Crippen molar-refractivity contribution in [1.82, 2.24) is 18.5 Å². The van der Waals surface area contributed by atoms with Gasteiger partial charge in [0, 0.05) is 37.5 Å². The third-order valence-corrected chi connectivity index (χ3v) is 3.61. The van der Waals surface area contributed by atoms with Crippen molar-refractivity contribution in [3.8, 4) is 0 Å². The normalized spacial score (nSPS) is 9.84. The molecule has 19 heavy (non-hydrogen) atoms. The monoisotopic (exact) mass is 300 g/mol. The second kappa shape index (κ2) is 7.90. The molecule has 0 saturated heterocycles.